The Labute approximate surface area is 225 Å². The fourth-order valence-corrected chi connectivity index (χ4v) is 5.27. The highest BCUT2D eigenvalue weighted by atomic mass is 32.2. The maximum atomic E-state index is 14.3. The molecule has 39 heavy (non-hydrogen) atoms. The molecule has 0 spiro atoms. The molecule has 0 fully saturated rings. The van der Waals surface area contributed by atoms with Crippen molar-refractivity contribution < 1.29 is 36.0 Å². The van der Waals surface area contributed by atoms with E-state index in [0.29, 0.717) is 11.1 Å². The van der Waals surface area contributed by atoms with E-state index in [1.165, 1.54) is 62.7 Å². The van der Waals surface area contributed by atoms with Crippen LogP contribution in [0, 0.1) is 17.2 Å². The van der Waals surface area contributed by atoms with E-state index in [0.717, 1.165) is 9.96 Å². The Kier molecular flexibility index (Phi) is 10.6. The third kappa shape index (κ3) is 8.26. The molecule has 0 bridgehead atoms. The SMILES string of the molecule is CON(C)C(=O)CS(=O)(=O)c1ccc(-c2ccc([C@H](N(CC#N)[C@@H](CC(C)C)C(N)=O)C(F)(F)F)cc2)cc1. The average molecular weight is 569 g/mol. The van der Waals surface area contributed by atoms with Crippen LogP contribution in [0.2, 0.25) is 0 Å². The Hall–Kier alpha value is -3.47. The molecule has 2 N–H and O–H groups in total. The molecule has 0 aliphatic heterocycles. The molecule has 0 saturated heterocycles. The summed E-state index contributed by atoms with van der Waals surface area (Å²) in [7, 11) is -1.44. The Morgan fingerprint density at radius 2 is 1.56 bits per heavy atom. The van der Waals surface area contributed by atoms with Gasteiger partial charge in [0, 0.05) is 7.05 Å². The first-order valence-corrected chi connectivity index (χ1v) is 13.5. The molecule has 0 aliphatic carbocycles. The van der Waals surface area contributed by atoms with Crippen LogP contribution in [0.4, 0.5) is 13.2 Å². The van der Waals surface area contributed by atoms with E-state index in [1.807, 2.05) is 0 Å². The summed E-state index contributed by atoms with van der Waals surface area (Å²) in [6.07, 6.45) is -4.77. The monoisotopic (exact) mass is 568 g/mol. The summed E-state index contributed by atoms with van der Waals surface area (Å²) >= 11 is 0. The smallest absolute Gasteiger partial charge is 0.368 e. The molecule has 0 heterocycles. The van der Waals surface area contributed by atoms with Crippen LogP contribution in [0.15, 0.2) is 53.4 Å². The highest BCUT2D eigenvalue weighted by Crippen LogP contribution is 2.40. The van der Waals surface area contributed by atoms with Gasteiger partial charge in [0.15, 0.2) is 9.84 Å². The topological polar surface area (TPSA) is 134 Å². The zero-order valence-electron chi connectivity index (χ0n) is 22.0. The largest absolute Gasteiger partial charge is 0.408 e. The third-order valence-electron chi connectivity index (χ3n) is 6.03. The van der Waals surface area contributed by atoms with Crippen LogP contribution < -0.4 is 5.73 Å². The molecule has 0 aromatic heterocycles. The van der Waals surface area contributed by atoms with Gasteiger partial charge in [0.25, 0.3) is 5.91 Å². The lowest BCUT2D eigenvalue weighted by Gasteiger charge is -2.37. The van der Waals surface area contributed by atoms with Crippen LogP contribution in [0.3, 0.4) is 0 Å². The number of primary amides is 1. The summed E-state index contributed by atoms with van der Waals surface area (Å²) in [6.45, 7) is 2.82. The second-order valence-corrected chi connectivity index (χ2v) is 11.3. The first-order chi connectivity index (χ1) is 18.1. The average Bonchev–Trinajstić information content (AvgIpc) is 2.85. The lowest BCUT2D eigenvalue weighted by molar-refractivity contribution is -0.192. The highest BCUT2D eigenvalue weighted by molar-refractivity contribution is 7.92. The number of rotatable bonds is 12. The van der Waals surface area contributed by atoms with Crippen molar-refractivity contribution in [2.24, 2.45) is 11.7 Å². The second kappa shape index (κ2) is 13.1. The normalized spacial score (nSPS) is 13.6. The van der Waals surface area contributed by atoms with Crippen LogP contribution in [-0.4, -0.2) is 68.9 Å². The van der Waals surface area contributed by atoms with Crippen LogP contribution >= 0.6 is 0 Å². The summed E-state index contributed by atoms with van der Waals surface area (Å²) in [5.74, 6) is -2.65. The van der Waals surface area contributed by atoms with Gasteiger partial charge in [0.2, 0.25) is 5.91 Å². The van der Waals surface area contributed by atoms with E-state index in [1.54, 1.807) is 19.9 Å². The van der Waals surface area contributed by atoms with E-state index in [9.17, 15) is 36.4 Å². The molecule has 212 valence electrons. The van der Waals surface area contributed by atoms with Gasteiger partial charge in [-0.05, 0) is 41.2 Å². The van der Waals surface area contributed by atoms with Crippen molar-refractivity contribution >= 4 is 21.7 Å². The fraction of sp³-hybridized carbons (Fsp3) is 0.423. The number of sulfone groups is 1. The first kappa shape index (κ1) is 31.7. The number of nitriles is 1. The maximum Gasteiger partial charge on any atom is 0.408 e. The van der Waals surface area contributed by atoms with Crippen molar-refractivity contribution in [1.29, 1.82) is 5.26 Å². The molecule has 2 aromatic rings. The molecule has 0 saturated carbocycles. The predicted molar refractivity (Wildman–Crippen MR) is 137 cm³/mol. The van der Waals surface area contributed by atoms with Gasteiger partial charge in [-0.1, -0.05) is 50.2 Å². The lowest BCUT2D eigenvalue weighted by Crippen LogP contribution is -2.51. The van der Waals surface area contributed by atoms with Gasteiger partial charge in [0.1, 0.15) is 11.8 Å². The Morgan fingerprint density at radius 3 is 1.97 bits per heavy atom. The van der Waals surface area contributed by atoms with Gasteiger partial charge >= 0.3 is 6.18 Å². The predicted octanol–water partition coefficient (Wildman–Crippen LogP) is 3.48. The van der Waals surface area contributed by atoms with Gasteiger partial charge in [0.05, 0.1) is 30.7 Å². The molecule has 13 heteroatoms. The number of carbonyl (C=O) groups is 2. The Balaban J connectivity index is 2.39. The zero-order valence-corrected chi connectivity index (χ0v) is 22.8. The van der Waals surface area contributed by atoms with Crippen LogP contribution in [-0.2, 0) is 24.3 Å². The minimum absolute atomic E-state index is 0.0459. The van der Waals surface area contributed by atoms with Gasteiger partial charge in [-0.15, -0.1) is 0 Å². The fourth-order valence-electron chi connectivity index (χ4n) is 4.04. The molecule has 0 unspecified atom stereocenters. The van der Waals surface area contributed by atoms with Crippen molar-refractivity contribution in [2.75, 3.05) is 26.5 Å². The summed E-state index contributed by atoms with van der Waals surface area (Å²) in [6, 6.07) is 9.06. The number of nitrogens with two attached hydrogens (primary N) is 1. The molecular formula is C26H31F3N4O5S. The number of halogens is 3. The molecule has 2 aromatic carbocycles. The third-order valence-corrected chi connectivity index (χ3v) is 7.65. The number of hydrogen-bond acceptors (Lipinski definition) is 7. The quantitative estimate of drug-likeness (QED) is 0.306. The maximum absolute atomic E-state index is 14.3. The molecule has 2 rings (SSSR count). The van der Waals surface area contributed by atoms with E-state index in [-0.39, 0.29) is 22.8 Å². The van der Waals surface area contributed by atoms with Crippen molar-refractivity contribution in [1.82, 2.24) is 9.96 Å². The van der Waals surface area contributed by atoms with Crippen molar-refractivity contribution in [3.8, 4) is 17.2 Å². The number of carbonyl (C=O) groups excluding carboxylic acids is 2. The summed E-state index contributed by atoms with van der Waals surface area (Å²) in [4.78, 5) is 29.4. The zero-order chi connectivity index (χ0) is 29.5. The molecule has 0 radical (unpaired) electrons. The summed E-state index contributed by atoms with van der Waals surface area (Å²) < 4.78 is 67.9. The number of nitrogens with zero attached hydrogens (tertiary/aromatic N) is 3. The second-order valence-electron chi connectivity index (χ2n) is 9.30. The first-order valence-electron chi connectivity index (χ1n) is 11.8. The molecule has 0 aliphatic rings. The number of alkyl halides is 3. The highest BCUT2D eigenvalue weighted by Gasteiger charge is 2.48. The Morgan fingerprint density at radius 1 is 1.05 bits per heavy atom. The van der Waals surface area contributed by atoms with Crippen LogP contribution in [0.25, 0.3) is 11.1 Å². The van der Waals surface area contributed by atoms with Crippen molar-refractivity contribution in [3.05, 3.63) is 54.1 Å². The number of hydrogen-bond donors (Lipinski definition) is 1. The van der Waals surface area contributed by atoms with E-state index < -0.39 is 52.2 Å². The minimum atomic E-state index is -4.81. The van der Waals surface area contributed by atoms with Gasteiger partial charge < -0.3 is 5.73 Å². The van der Waals surface area contributed by atoms with Gasteiger partial charge in [-0.25, -0.2) is 13.5 Å². The van der Waals surface area contributed by atoms with Crippen LogP contribution in [0.5, 0.6) is 0 Å². The molecule has 9 nitrogen and oxygen atoms in total. The van der Waals surface area contributed by atoms with E-state index in [4.69, 9.17) is 10.6 Å². The standard InChI is InChI=1S/C26H31F3N4O5S/c1-17(2)15-22(25(31)35)33(14-13-30)24(26(27,28)29)20-7-5-18(6-8-20)19-9-11-21(12-10-19)39(36,37)16-23(34)32(3)38-4/h5-12,17,22,24H,14-16H2,1-4H3,(H2,31,35)/t22-,24-/m0/s1. The minimum Gasteiger partial charge on any atom is -0.368 e. The van der Waals surface area contributed by atoms with Crippen LogP contribution in [0.1, 0.15) is 31.9 Å². The number of amides is 2. The van der Waals surface area contributed by atoms with E-state index >= 15 is 0 Å². The number of benzene rings is 2. The van der Waals surface area contributed by atoms with Gasteiger partial charge in [-0.3, -0.25) is 19.3 Å². The lowest BCUT2D eigenvalue weighted by atomic mass is 9.95. The molecular weight excluding hydrogens is 537 g/mol. The molecule has 2 atom stereocenters. The van der Waals surface area contributed by atoms with Gasteiger partial charge in [-0.2, -0.15) is 18.4 Å². The van der Waals surface area contributed by atoms with Crippen molar-refractivity contribution in [3.63, 3.8) is 0 Å². The summed E-state index contributed by atoms with van der Waals surface area (Å²) in [5.41, 5.74) is 6.28. The number of hydroxylamine groups is 2. The molecule has 2 amide bonds. The van der Waals surface area contributed by atoms with E-state index in [2.05, 4.69) is 0 Å². The van der Waals surface area contributed by atoms with Crippen molar-refractivity contribution in [2.45, 2.75) is 43.4 Å². The Bertz CT molecular complexity index is 1290. The summed E-state index contributed by atoms with van der Waals surface area (Å²) in [5, 5.41) is 10.0.